The van der Waals surface area contributed by atoms with E-state index in [1.165, 1.54) is 0 Å². The molecule has 0 saturated carbocycles. The molecule has 2 rings (SSSR count). The molecule has 0 heterocycles. The van der Waals surface area contributed by atoms with Gasteiger partial charge in [-0.2, -0.15) is 0 Å². The molecule has 3 nitrogen and oxygen atoms in total. The van der Waals surface area contributed by atoms with E-state index in [-0.39, 0.29) is 6.04 Å². The molecule has 0 spiro atoms. The zero-order valence-electron chi connectivity index (χ0n) is 11.1. The van der Waals surface area contributed by atoms with E-state index in [0.717, 1.165) is 11.1 Å². The van der Waals surface area contributed by atoms with E-state index in [9.17, 15) is 9.90 Å². The van der Waals surface area contributed by atoms with Gasteiger partial charge in [0.15, 0.2) is 0 Å². The third kappa shape index (κ3) is 3.13. The molecule has 0 unspecified atom stereocenters. The van der Waals surface area contributed by atoms with Crippen LogP contribution in [0.4, 0.5) is 5.69 Å². The third-order valence-corrected chi connectivity index (χ3v) is 2.80. The summed E-state index contributed by atoms with van der Waals surface area (Å²) in [5.41, 5.74) is 3.04. The van der Waals surface area contributed by atoms with Gasteiger partial charge in [0.25, 0.3) is 0 Å². The summed E-state index contributed by atoms with van der Waals surface area (Å²) in [5.74, 6) is -0.914. The van der Waals surface area contributed by atoms with Crippen molar-refractivity contribution >= 4 is 11.7 Å². The molecule has 2 aromatic carbocycles. The second-order valence-corrected chi connectivity index (χ2v) is 4.73. The van der Waals surface area contributed by atoms with Gasteiger partial charge >= 0.3 is 5.97 Å². The van der Waals surface area contributed by atoms with Gasteiger partial charge in [-0.25, -0.2) is 4.79 Å². The average Bonchev–Trinajstić information content (AvgIpc) is 2.38. The molecule has 0 bridgehead atoms. The molecule has 0 aliphatic rings. The maximum absolute atomic E-state index is 11.2. The summed E-state index contributed by atoms with van der Waals surface area (Å²) in [6, 6.07) is 15.5. The van der Waals surface area contributed by atoms with Crippen LogP contribution < -0.4 is 5.32 Å². The van der Waals surface area contributed by atoms with Gasteiger partial charge in [-0.3, -0.25) is 0 Å². The monoisotopic (exact) mass is 255 g/mol. The van der Waals surface area contributed by atoms with Crippen molar-refractivity contribution in [2.75, 3.05) is 5.32 Å². The van der Waals surface area contributed by atoms with E-state index in [2.05, 4.69) is 5.32 Å². The minimum atomic E-state index is -0.914. The second-order valence-electron chi connectivity index (χ2n) is 4.73. The van der Waals surface area contributed by atoms with Gasteiger partial charge in [0, 0.05) is 11.7 Å². The first-order chi connectivity index (χ1) is 9.08. The number of nitrogens with one attached hydrogen (secondary N) is 1. The summed E-state index contributed by atoms with van der Waals surface area (Å²) in [6.07, 6.45) is 0. The molecule has 0 aliphatic carbocycles. The summed E-state index contributed by atoms with van der Waals surface area (Å²) in [6.45, 7) is 3.97. The summed E-state index contributed by atoms with van der Waals surface area (Å²) in [5, 5.41) is 12.4. The van der Waals surface area contributed by atoms with Gasteiger partial charge < -0.3 is 10.4 Å². The molecule has 0 radical (unpaired) electrons. The van der Waals surface area contributed by atoms with Crippen molar-refractivity contribution in [3.8, 4) is 11.1 Å². The molecular weight excluding hydrogens is 238 g/mol. The quantitative estimate of drug-likeness (QED) is 0.871. The Hall–Kier alpha value is -2.29. The van der Waals surface area contributed by atoms with Crippen LogP contribution in [-0.2, 0) is 0 Å². The van der Waals surface area contributed by atoms with Crippen LogP contribution in [0.2, 0.25) is 0 Å². The number of carbonyl (C=O) groups is 1. The van der Waals surface area contributed by atoms with Gasteiger partial charge in [-0.05, 0) is 37.1 Å². The lowest BCUT2D eigenvalue weighted by Crippen LogP contribution is -2.13. The number of anilines is 1. The van der Waals surface area contributed by atoms with Crippen LogP contribution in [0.5, 0.6) is 0 Å². The Morgan fingerprint density at radius 2 is 1.74 bits per heavy atom. The lowest BCUT2D eigenvalue weighted by atomic mass is 10.0. The van der Waals surface area contributed by atoms with E-state index >= 15 is 0 Å². The van der Waals surface area contributed by atoms with Gasteiger partial charge in [0.05, 0.1) is 5.56 Å². The SMILES string of the molecule is CC(C)Nc1cc(-c2ccccc2)ccc1C(=O)O. The Kier molecular flexibility index (Phi) is 3.85. The summed E-state index contributed by atoms with van der Waals surface area (Å²) < 4.78 is 0. The summed E-state index contributed by atoms with van der Waals surface area (Å²) >= 11 is 0. The molecule has 3 heteroatoms. The number of benzene rings is 2. The lowest BCUT2D eigenvalue weighted by Gasteiger charge is -2.14. The predicted octanol–water partition coefficient (Wildman–Crippen LogP) is 3.87. The van der Waals surface area contributed by atoms with Crippen LogP contribution in [-0.4, -0.2) is 17.1 Å². The Bertz CT molecular complexity index is 577. The zero-order chi connectivity index (χ0) is 13.8. The van der Waals surface area contributed by atoms with E-state index in [1.807, 2.05) is 56.3 Å². The molecule has 0 fully saturated rings. The normalized spacial score (nSPS) is 10.5. The van der Waals surface area contributed by atoms with E-state index in [4.69, 9.17) is 0 Å². The largest absolute Gasteiger partial charge is 0.478 e. The number of aromatic carboxylic acids is 1. The van der Waals surface area contributed by atoms with Crippen molar-refractivity contribution < 1.29 is 9.90 Å². The molecule has 0 saturated heterocycles. The van der Waals surface area contributed by atoms with Gasteiger partial charge in [0.1, 0.15) is 0 Å². The highest BCUT2D eigenvalue weighted by molar-refractivity contribution is 5.95. The maximum atomic E-state index is 11.2. The molecule has 2 aromatic rings. The minimum absolute atomic E-state index is 0.184. The van der Waals surface area contributed by atoms with E-state index in [1.54, 1.807) is 6.07 Å². The first-order valence-electron chi connectivity index (χ1n) is 6.27. The fourth-order valence-corrected chi connectivity index (χ4v) is 1.97. The lowest BCUT2D eigenvalue weighted by molar-refractivity contribution is 0.0698. The molecule has 2 N–H and O–H groups in total. The highest BCUT2D eigenvalue weighted by Gasteiger charge is 2.12. The number of rotatable bonds is 4. The van der Waals surface area contributed by atoms with Crippen molar-refractivity contribution in [1.29, 1.82) is 0 Å². The first-order valence-corrected chi connectivity index (χ1v) is 6.27. The second kappa shape index (κ2) is 5.57. The highest BCUT2D eigenvalue weighted by Crippen LogP contribution is 2.26. The minimum Gasteiger partial charge on any atom is -0.478 e. The van der Waals surface area contributed by atoms with Gasteiger partial charge in [-0.15, -0.1) is 0 Å². The van der Waals surface area contributed by atoms with E-state index < -0.39 is 5.97 Å². The van der Waals surface area contributed by atoms with Crippen LogP contribution in [0.3, 0.4) is 0 Å². The number of carboxylic acids is 1. The number of hydrogen-bond donors (Lipinski definition) is 2. The molecule has 0 atom stereocenters. The van der Waals surface area contributed by atoms with Crippen molar-refractivity contribution in [2.24, 2.45) is 0 Å². The van der Waals surface area contributed by atoms with Crippen LogP contribution >= 0.6 is 0 Å². The van der Waals surface area contributed by atoms with Crippen molar-refractivity contribution in [3.63, 3.8) is 0 Å². The first kappa shape index (κ1) is 13.1. The fourth-order valence-electron chi connectivity index (χ4n) is 1.97. The zero-order valence-corrected chi connectivity index (χ0v) is 11.1. The predicted molar refractivity (Wildman–Crippen MR) is 77.6 cm³/mol. The molecule has 0 aromatic heterocycles. The van der Waals surface area contributed by atoms with Gasteiger partial charge in [0.2, 0.25) is 0 Å². The van der Waals surface area contributed by atoms with Gasteiger partial charge in [-0.1, -0.05) is 36.4 Å². The maximum Gasteiger partial charge on any atom is 0.337 e. The summed E-state index contributed by atoms with van der Waals surface area (Å²) in [4.78, 5) is 11.2. The average molecular weight is 255 g/mol. The standard InChI is InChI=1S/C16H17NO2/c1-11(2)17-15-10-13(8-9-14(15)16(18)19)12-6-4-3-5-7-12/h3-11,17H,1-2H3,(H,18,19). The van der Waals surface area contributed by atoms with Crippen LogP contribution in [0.1, 0.15) is 24.2 Å². The molecular formula is C16H17NO2. The van der Waals surface area contributed by atoms with Crippen LogP contribution in [0, 0.1) is 0 Å². The Morgan fingerprint density at radius 3 is 2.32 bits per heavy atom. The Morgan fingerprint density at radius 1 is 1.05 bits per heavy atom. The Labute approximate surface area is 112 Å². The topological polar surface area (TPSA) is 49.3 Å². The molecule has 0 aliphatic heterocycles. The smallest absolute Gasteiger partial charge is 0.337 e. The molecule has 0 amide bonds. The molecule has 98 valence electrons. The molecule has 19 heavy (non-hydrogen) atoms. The van der Waals surface area contributed by atoms with Crippen molar-refractivity contribution in [2.45, 2.75) is 19.9 Å². The Balaban J connectivity index is 2.46. The number of carboxylic acid groups (broad SMARTS) is 1. The van der Waals surface area contributed by atoms with Crippen LogP contribution in [0.25, 0.3) is 11.1 Å². The number of hydrogen-bond acceptors (Lipinski definition) is 2. The fraction of sp³-hybridized carbons (Fsp3) is 0.188. The highest BCUT2D eigenvalue weighted by atomic mass is 16.4. The third-order valence-electron chi connectivity index (χ3n) is 2.80. The summed E-state index contributed by atoms with van der Waals surface area (Å²) in [7, 11) is 0. The van der Waals surface area contributed by atoms with Crippen molar-refractivity contribution in [3.05, 3.63) is 54.1 Å². The van der Waals surface area contributed by atoms with Crippen LogP contribution in [0.15, 0.2) is 48.5 Å². The van der Waals surface area contributed by atoms with Crippen molar-refractivity contribution in [1.82, 2.24) is 0 Å². The van der Waals surface area contributed by atoms with E-state index in [0.29, 0.717) is 11.3 Å².